The third kappa shape index (κ3) is 3.25. The average Bonchev–Trinajstić information content (AvgIpc) is 3.08. The highest BCUT2D eigenvalue weighted by molar-refractivity contribution is 6.06. The molecule has 10 heteroatoms. The number of alkyl halides is 3. The Bertz CT molecular complexity index is 1100. The van der Waals surface area contributed by atoms with Crippen LogP contribution in [0.4, 0.5) is 13.2 Å². The first-order valence-corrected chi connectivity index (χ1v) is 8.71. The van der Waals surface area contributed by atoms with Crippen LogP contribution < -0.4 is 10.9 Å². The van der Waals surface area contributed by atoms with Crippen LogP contribution >= 0.6 is 0 Å². The van der Waals surface area contributed by atoms with Crippen molar-refractivity contribution < 1.29 is 18.0 Å². The van der Waals surface area contributed by atoms with Crippen LogP contribution in [0.15, 0.2) is 35.3 Å². The Balaban J connectivity index is 1.51. The number of nitrogens with zero attached hydrogens (tertiary/aromatic N) is 3. The molecule has 0 bridgehead atoms. The van der Waals surface area contributed by atoms with E-state index in [9.17, 15) is 22.8 Å². The molecule has 28 heavy (non-hydrogen) atoms. The molecular weight excluding hydrogens is 375 g/mol. The molecule has 4 rings (SSSR count). The summed E-state index contributed by atoms with van der Waals surface area (Å²) in [5, 5.41) is 11.4. The summed E-state index contributed by atoms with van der Waals surface area (Å²) in [6.45, 7) is 0.176. The van der Waals surface area contributed by atoms with E-state index >= 15 is 0 Å². The lowest BCUT2D eigenvalue weighted by Crippen LogP contribution is -2.32. The summed E-state index contributed by atoms with van der Waals surface area (Å²) in [5.41, 5.74) is 0.00335. The van der Waals surface area contributed by atoms with Crippen molar-refractivity contribution >= 4 is 16.7 Å². The monoisotopic (exact) mass is 391 g/mol. The number of fused-ring (bicyclic) bond motifs is 2. The Morgan fingerprint density at radius 2 is 2.00 bits per heavy atom. The van der Waals surface area contributed by atoms with Gasteiger partial charge in [0.1, 0.15) is 5.82 Å². The second-order valence-electron chi connectivity index (χ2n) is 6.68. The number of halogens is 3. The molecule has 0 aliphatic carbocycles. The smallest absolute Gasteiger partial charge is 0.345 e. The normalized spacial score (nSPS) is 16.8. The summed E-state index contributed by atoms with van der Waals surface area (Å²) < 4.78 is 40.3. The number of rotatable bonds is 3. The van der Waals surface area contributed by atoms with Crippen molar-refractivity contribution in [1.29, 1.82) is 0 Å². The zero-order chi connectivity index (χ0) is 19.9. The molecule has 1 amide bonds. The molecule has 3 aromatic rings. The summed E-state index contributed by atoms with van der Waals surface area (Å²) >= 11 is 0. The summed E-state index contributed by atoms with van der Waals surface area (Å²) in [6, 6.07) is 6.73. The number of aromatic nitrogens is 4. The number of pyridine rings is 1. The van der Waals surface area contributed by atoms with Crippen LogP contribution in [0.5, 0.6) is 0 Å². The van der Waals surface area contributed by atoms with Crippen molar-refractivity contribution in [2.75, 3.05) is 0 Å². The summed E-state index contributed by atoms with van der Waals surface area (Å²) in [5.74, 6) is -1.17. The van der Waals surface area contributed by atoms with Gasteiger partial charge in [-0.25, -0.2) is 0 Å². The fraction of sp³-hybridized carbons (Fsp3) is 0.333. The molecule has 0 saturated carbocycles. The quantitative estimate of drug-likeness (QED) is 0.716. The van der Waals surface area contributed by atoms with Gasteiger partial charge in [0, 0.05) is 29.9 Å². The van der Waals surface area contributed by atoms with Crippen LogP contribution in [0.1, 0.15) is 28.4 Å². The fourth-order valence-corrected chi connectivity index (χ4v) is 3.45. The van der Waals surface area contributed by atoms with Crippen molar-refractivity contribution in [2.45, 2.75) is 32.1 Å². The van der Waals surface area contributed by atoms with Gasteiger partial charge in [-0.2, -0.15) is 13.2 Å². The third-order valence-corrected chi connectivity index (χ3v) is 4.96. The van der Waals surface area contributed by atoms with Gasteiger partial charge >= 0.3 is 6.18 Å². The molecule has 0 fully saturated rings. The maximum absolute atomic E-state index is 12.9. The minimum absolute atomic E-state index is 0.0238. The van der Waals surface area contributed by atoms with E-state index in [0.29, 0.717) is 22.2 Å². The first-order chi connectivity index (χ1) is 13.3. The molecule has 1 unspecified atom stereocenters. The van der Waals surface area contributed by atoms with Crippen molar-refractivity contribution in [2.24, 2.45) is 5.92 Å². The molecule has 146 valence electrons. The Labute approximate surface area is 156 Å². The zero-order valence-corrected chi connectivity index (χ0v) is 14.6. The Kier molecular flexibility index (Phi) is 4.40. The Morgan fingerprint density at radius 3 is 2.75 bits per heavy atom. The SMILES string of the molecule is O=C(NCc1nnc2n1CCC(C(F)(F)F)C2)c1c[nH]c(=O)c2ccccc12. The maximum Gasteiger partial charge on any atom is 0.392 e. The Hall–Kier alpha value is -3.17. The summed E-state index contributed by atoms with van der Waals surface area (Å²) in [7, 11) is 0. The van der Waals surface area contributed by atoms with Crippen molar-refractivity contribution in [1.82, 2.24) is 25.1 Å². The molecule has 0 radical (unpaired) electrons. The van der Waals surface area contributed by atoms with E-state index in [-0.39, 0.29) is 37.3 Å². The number of carbonyl (C=O) groups excluding carboxylic acids is 1. The molecule has 1 atom stereocenters. The molecule has 7 nitrogen and oxygen atoms in total. The van der Waals surface area contributed by atoms with Gasteiger partial charge in [-0.1, -0.05) is 18.2 Å². The highest BCUT2D eigenvalue weighted by Gasteiger charge is 2.42. The molecule has 1 aliphatic heterocycles. The van der Waals surface area contributed by atoms with Gasteiger partial charge in [-0.15, -0.1) is 10.2 Å². The predicted molar refractivity (Wildman–Crippen MR) is 93.6 cm³/mol. The molecule has 2 N–H and O–H groups in total. The molecule has 1 aliphatic rings. The zero-order valence-electron chi connectivity index (χ0n) is 14.6. The van der Waals surface area contributed by atoms with Crippen LogP contribution in [0.3, 0.4) is 0 Å². The number of amides is 1. The van der Waals surface area contributed by atoms with Crippen LogP contribution in [0, 0.1) is 5.92 Å². The van der Waals surface area contributed by atoms with E-state index < -0.39 is 18.0 Å². The van der Waals surface area contributed by atoms with Crippen LogP contribution in [0.25, 0.3) is 10.8 Å². The molecule has 0 spiro atoms. The van der Waals surface area contributed by atoms with E-state index in [1.807, 2.05) is 0 Å². The number of benzene rings is 1. The number of nitrogens with one attached hydrogen (secondary N) is 2. The number of carbonyl (C=O) groups is 1. The van der Waals surface area contributed by atoms with E-state index in [0.717, 1.165) is 0 Å². The molecule has 0 saturated heterocycles. The van der Waals surface area contributed by atoms with Gasteiger partial charge in [-0.05, 0) is 12.5 Å². The first kappa shape index (κ1) is 18.2. The number of H-pyrrole nitrogens is 1. The van der Waals surface area contributed by atoms with Crippen molar-refractivity contribution in [3.63, 3.8) is 0 Å². The standard InChI is InChI=1S/C18H16F3N5O2/c19-18(20,21)10-5-6-26-14(7-10)24-25-15(26)9-23-17(28)13-8-22-16(27)12-4-2-1-3-11(12)13/h1-4,8,10H,5-7,9H2,(H,22,27)(H,23,28). The van der Waals surface area contributed by atoms with E-state index in [1.54, 1.807) is 28.8 Å². The lowest BCUT2D eigenvalue weighted by atomic mass is 9.97. The minimum atomic E-state index is -4.25. The summed E-state index contributed by atoms with van der Waals surface area (Å²) in [6.07, 6.45) is -3.17. The lowest BCUT2D eigenvalue weighted by Gasteiger charge is -2.25. The van der Waals surface area contributed by atoms with Crippen molar-refractivity contribution in [3.8, 4) is 0 Å². The molecule has 1 aromatic carbocycles. The minimum Gasteiger partial charge on any atom is -0.345 e. The van der Waals surface area contributed by atoms with Gasteiger partial charge in [0.2, 0.25) is 0 Å². The highest BCUT2D eigenvalue weighted by atomic mass is 19.4. The molecular formula is C18H16F3N5O2. The summed E-state index contributed by atoms with van der Waals surface area (Å²) in [4.78, 5) is 27.0. The lowest BCUT2D eigenvalue weighted by molar-refractivity contribution is -0.179. The number of aromatic amines is 1. The fourth-order valence-electron chi connectivity index (χ4n) is 3.45. The second kappa shape index (κ2) is 6.77. The van der Waals surface area contributed by atoms with Crippen LogP contribution in [0.2, 0.25) is 0 Å². The van der Waals surface area contributed by atoms with Gasteiger partial charge < -0.3 is 14.9 Å². The van der Waals surface area contributed by atoms with Crippen LogP contribution in [-0.4, -0.2) is 31.8 Å². The number of hydrogen-bond acceptors (Lipinski definition) is 4. The molecule has 2 aromatic heterocycles. The maximum atomic E-state index is 12.9. The van der Waals surface area contributed by atoms with Gasteiger partial charge in [0.15, 0.2) is 5.82 Å². The Morgan fingerprint density at radius 1 is 1.25 bits per heavy atom. The van der Waals surface area contributed by atoms with Crippen LogP contribution in [-0.2, 0) is 19.5 Å². The van der Waals surface area contributed by atoms with Crippen molar-refractivity contribution in [3.05, 3.63) is 58.0 Å². The largest absolute Gasteiger partial charge is 0.392 e. The van der Waals surface area contributed by atoms with E-state index in [2.05, 4.69) is 20.5 Å². The third-order valence-electron chi connectivity index (χ3n) is 4.96. The van der Waals surface area contributed by atoms with Gasteiger partial charge in [0.25, 0.3) is 11.5 Å². The second-order valence-corrected chi connectivity index (χ2v) is 6.68. The molecule has 3 heterocycles. The average molecular weight is 391 g/mol. The topological polar surface area (TPSA) is 92.7 Å². The van der Waals surface area contributed by atoms with E-state index in [4.69, 9.17) is 0 Å². The first-order valence-electron chi connectivity index (χ1n) is 8.71. The number of hydrogen-bond donors (Lipinski definition) is 2. The van der Waals surface area contributed by atoms with Gasteiger partial charge in [0.05, 0.1) is 18.0 Å². The van der Waals surface area contributed by atoms with E-state index in [1.165, 1.54) is 6.20 Å². The predicted octanol–water partition coefficient (Wildman–Crippen LogP) is 2.17. The highest BCUT2D eigenvalue weighted by Crippen LogP contribution is 2.34. The van der Waals surface area contributed by atoms with Gasteiger partial charge in [-0.3, -0.25) is 9.59 Å².